The van der Waals surface area contributed by atoms with E-state index in [0.717, 1.165) is 12.2 Å². The first-order valence-corrected chi connectivity index (χ1v) is 4.62. The first-order chi connectivity index (χ1) is 6.50. The van der Waals surface area contributed by atoms with Gasteiger partial charge in [-0.1, -0.05) is 6.07 Å². The molecular formula is C11H13NO2. The summed E-state index contributed by atoms with van der Waals surface area (Å²) in [5.74, 6) is 0.308. The summed E-state index contributed by atoms with van der Waals surface area (Å²) in [5.41, 5.74) is 0.528. The summed E-state index contributed by atoms with van der Waals surface area (Å²) in [6, 6.07) is 6.77. The fourth-order valence-electron chi connectivity index (χ4n) is 1.68. The molecule has 0 saturated carbocycles. The van der Waals surface area contributed by atoms with Gasteiger partial charge in [-0.3, -0.25) is 4.79 Å². The monoisotopic (exact) mass is 191 g/mol. The number of phenols is 1. The maximum atomic E-state index is 11.6. The van der Waals surface area contributed by atoms with E-state index in [1.54, 1.807) is 23.1 Å². The van der Waals surface area contributed by atoms with Gasteiger partial charge in [0, 0.05) is 18.3 Å². The Labute approximate surface area is 83.0 Å². The molecule has 74 valence electrons. The number of anilines is 1. The van der Waals surface area contributed by atoms with E-state index in [9.17, 15) is 9.90 Å². The van der Waals surface area contributed by atoms with E-state index in [2.05, 4.69) is 0 Å². The molecule has 1 saturated heterocycles. The Balaban J connectivity index is 2.24. The molecule has 3 heteroatoms. The van der Waals surface area contributed by atoms with E-state index in [1.807, 2.05) is 19.9 Å². The molecule has 0 bridgehead atoms. The van der Waals surface area contributed by atoms with E-state index >= 15 is 0 Å². The molecule has 3 nitrogen and oxygen atoms in total. The van der Waals surface area contributed by atoms with Crippen molar-refractivity contribution in [2.75, 3.05) is 11.4 Å². The van der Waals surface area contributed by atoms with Crippen LogP contribution in [0.25, 0.3) is 0 Å². The van der Waals surface area contributed by atoms with Crippen molar-refractivity contribution in [1.29, 1.82) is 0 Å². The molecule has 1 fully saturated rings. The number of carbonyl (C=O) groups is 1. The second kappa shape index (κ2) is 2.74. The summed E-state index contributed by atoms with van der Waals surface area (Å²) in [5, 5.41) is 9.26. The highest BCUT2D eigenvalue weighted by molar-refractivity contribution is 6.03. The van der Waals surface area contributed by atoms with Crippen molar-refractivity contribution in [3.63, 3.8) is 0 Å². The average molecular weight is 191 g/mol. The molecule has 1 aliphatic heterocycles. The van der Waals surface area contributed by atoms with Gasteiger partial charge in [-0.2, -0.15) is 0 Å². The van der Waals surface area contributed by atoms with Gasteiger partial charge in [-0.25, -0.2) is 0 Å². The van der Waals surface area contributed by atoms with Gasteiger partial charge in [0.1, 0.15) is 5.75 Å². The van der Waals surface area contributed by atoms with Crippen molar-refractivity contribution in [2.24, 2.45) is 5.41 Å². The fourth-order valence-corrected chi connectivity index (χ4v) is 1.68. The third-order valence-electron chi connectivity index (χ3n) is 2.52. The van der Waals surface area contributed by atoms with E-state index in [-0.39, 0.29) is 17.1 Å². The van der Waals surface area contributed by atoms with Crippen LogP contribution in [0.15, 0.2) is 24.3 Å². The maximum Gasteiger partial charge on any atom is 0.234 e. The highest BCUT2D eigenvalue weighted by atomic mass is 16.3. The summed E-state index contributed by atoms with van der Waals surface area (Å²) in [6.07, 6.45) is 0. The van der Waals surface area contributed by atoms with Crippen LogP contribution in [0.3, 0.4) is 0 Å². The second-order valence-electron chi connectivity index (χ2n) is 4.30. The molecule has 1 N–H and O–H groups in total. The van der Waals surface area contributed by atoms with Crippen LogP contribution in [0.5, 0.6) is 5.75 Å². The van der Waals surface area contributed by atoms with E-state index in [0.29, 0.717) is 0 Å². The first-order valence-electron chi connectivity index (χ1n) is 4.62. The van der Waals surface area contributed by atoms with Gasteiger partial charge in [-0.15, -0.1) is 0 Å². The lowest BCUT2D eigenvalue weighted by molar-refractivity contribution is -0.132. The Morgan fingerprint density at radius 3 is 2.64 bits per heavy atom. The fraction of sp³-hybridized carbons (Fsp3) is 0.364. The Kier molecular flexibility index (Phi) is 1.77. The number of aromatic hydroxyl groups is 1. The lowest BCUT2D eigenvalue weighted by Crippen LogP contribution is -2.58. The van der Waals surface area contributed by atoms with Crippen molar-refractivity contribution in [2.45, 2.75) is 13.8 Å². The summed E-state index contributed by atoms with van der Waals surface area (Å²) < 4.78 is 0. The quantitative estimate of drug-likeness (QED) is 0.687. The summed E-state index contributed by atoms with van der Waals surface area (Å²) in [7, 11) is 0. The Morgan fingerprint density at radius 2 is 2.14 bits per heavy atom. The molecule has 1 aromatic carbocycles. The van der Waals surface area contributed by atoms with Crippen LogP contribution >= 0.6 is 0 Å². The average Bonchev–Trinajstić information content (AvgIpc) is 2.14. The largest absolute Gasteiger partial charge is 0.508 e. The molecular weight excluding hydrogens is 178 g/mol. The van der Waals surface area contributed by atoms with Gasteiger partial charge in [-0.05, 0) is 26.0 Å². The molecule has 0 radical (unpaired) electrons. The van der Waals surface area contributed by atoms with Crippen LogP contribution in [0.4, 0.5) is 5.69 Å². The van der Waals surface area contributed by atoms with E-state index in [1.165, 1.54) is 0 Å². The van der Waals surface area contributed by atoms with Crippen LogP contribution in [0, 0.1) is 5.41 Å². The Hall–Kier alpha value is -1.51. The molecule has 1 heterocycles. The third-order valence-corrected chi connectivity index (χ3v) is 2.52. The molecule has 0 aromatic heterocycles. The number of hydrogen-bond donors (Lipinski definition) is 1. The summed E-state index contributed by atoms with van der Waals surface area (Å²) in [6.45, 7) is 4.57. The van der Waals surface area contributed by atoms with Crippen molar-refractivity contribution >= 4 is 11.6 Å². The van der Waals surface area contributed by atoms with Crippen LogP contribution < -0.4 is 4.90 Å². The molecule has 1 aromatic rings. The van der Waals surface area contributed by atoms with Gasteiger partial charge in [0.05, 0.1) is 5.41 Å². The lowest BCUT2D eigenvalue weighted by Gasteiger charge is -2.44. The van der Waals surface area contributed by atoms with Crippen molar-refractivity contribution in [3.05, 3.63) is 24.3 Å². The number of benzene rings is 1. The molecule has 0 spiro atoms. The van der Waals surface area contributed by atoms with Crippen molar-refractivity contribution < 1.29 is 9.90 Å². The molecule has 0 unspecified atom stereocenters. The summed E-state index contributed by atoms with van der Waals surface area (Å²) in [4.78, 5) is 13.3. The van der Waals surface area contributed by atoms with Gasteiger partial charge >= 0.3 is 0 Å². The molecule has 14 heavy (non-hydrogen) atoms. The second-order valence-corrected chi connectivity index (χ2v) is 4.30. The minimum Gasteiger partial charge on any atom is -0.508 e. The SMILES string of the molecule is CC1(C)CN(c2cccc(O)c2)C1=O. The number of β-lactam (4-membered cyclic amide) rings is 1. The topological polar surface area (TPSA) is 40.5 Å². The zero-order valence-electron chi connectivity index (χ0n) is 8.32. The van der Waals surface area contributed by atoms with E-state index in [4.69, 9.17) is 0 Å². The first kappa shape index (κ1) is 9.06. The smallest absolute Gasteiger partial charge is 0.234 e. The molecule has 2 rings (SSSR count). The van der Waals surface area contributed by atoms with Crippen LogP contribution in [0.1, 0.15) is 13.8 Å². The minimum absolute atomic E-state index is 0.114. The zero-order chi connectivity index (χ0) is 10.3. The highest BCUT2D eigenvalue weighted by Crippen LogP contribution is 2.35. The van der Waals surface area contributed by atoms with Gasteiger partial charge in [0.2, 0.25) is 5.91 Å². The van der Waals surface area contributed by atoms with Crippen molar-refractivity contribution in [3.8, 4) is 5.75 Å². The number of nitrogens with zero attached hydrogens (tertiary/aromatic N) is 1. The van der Waals surface area contributed by atoms with Crippen molar-refractivity contribution in [1.82, 2.24) is 0 Å². The van der Waals surface area contributed by atoms with Gasteiger partial charge < -0.3 is 10.0 Å². The summed E-state index contributed by atoms with van der Waals surface area (Å²) >= 11 is 0. The number of phenolic OH excluding ortho intramolecular Hbond substituents is 1. The third kappa shape index (κ3) is 1.25. The Morgan fingerprint density at radius 1 is 1.43 bits per heavy atom. The zero-order valence-corrected chi connectivity index (χ0v) is 8.32. The highest BCUT2D eigenvalue weighted by Gasteiger charge is 2.44. The molecule has 0 aliphatic carbocycles. The van der Waals surface area contributed by atoms with E-state index < -0.39 is 0 Å². The van der Waals surface area contributed by atoms with Crippen LogP contribution in [-0.2, 0) is 4.79 Å². The Bertz CT molecular complexity index is 385. The number of carbonyl (C=O) groups excluding carboxylic acids is 1. The predicted octanol–water partition coefficient (Wildman–Crippen LogP) is 1.76. The normalized spacial score (nSPS) is 19.3. The van der Waals surface area contributed by atoms with Gasteiger partial charge in [0.15, 0.2) is 0 Å². The molecule has 1 aliphatic rings. The van der Waals surface area contributed by atoms with Crippen LogP contribution in [0.2, 0.25) is 0 Å². The number of amides is 1. The molecule has 1 amide bonds. The van der Waals surface area contributed by atoms with Crippen LogP contribution in [-0.4, -0.2) is 17.6 Å². The number of hydrogen-bond acceptors (Lipinski definition) is 2. The predicted molar refractivity (Wildman–Crippen MR) is 54.2 cm³/mol. The standard InChI is InChI=1S/C11H13NO2/c1-11(2)7-12(10(11)14)8-4-3-5-9(13)6-8/h3-6,13H,7H2,1-2H3. The van der Waals surface area contributed by atoms with Gasteiger partial charge in [0.25, 0.3) is 0 Å². The lowest BCUT2D eigenvalue weighted by atomic mass is 9.83. The molecule has 0 atom stereocenters. The maximum absolute atomic E-state index is 11.6. The minimum atomic E-state index is -0.245. The number of rotatable bonds is 1.